The predicted octanol–water partition coefficient (Wildman–Crippen LogP) is 4.23. The van der Waals surface area contributed by atoms with Crippen molar-refractivity contribution in [3.8, 4) is 0 Å². The summed E-state index contributed by atoms with van der Waals surface area (Å²) in [4.78, 5) is 0. The van der Waals surface area contributed by atoms with Gasteiger partial charge in [0.15, 0.2) is 12.4 Å². The first kappa shape index (κ1) is 15.8. The fourth-order valence-electron chi connectivity index (χ4n) is 2.69. The van der Waals surface area contributed by atoms with Crippen LogP contribution in [0.1, 0.15) is 44.4 Å². The molecule has 0 radical (unpaired) electrons. The zero-order chi connectivity index (χ0) is 15.5. The highest BCUT2D eigenvalue weighted by Gasteiger charge is 2.13. The van der Waals surface area contributed by atoms with Crippen LogP contribution in [0.3, 0.4) is 0 Å². The third-order valence-electron chi connectivity index (χ3n) is 4.04. The summed E-state index contributed by atoms with van der Waals surface area (Å²) < 4.78 is 2.08. The van der Waals surface area contributed by atoms with Crippen molar-refractivity contribution in [1.29, 1.82) is 0 Å². The summed E-state index contributed by atoms with van der Waals surface area (Å²) in [5, 5.41) is 0. The molecule has 0 fully saturated rings. The lowest BCUT2D eigenvalue weighted by Gasteiger charge is -2.19. The average Bonchev–Trinajstić information content (AvgIpc) is 2.41. The van der Waals surface area contributed by atoms with Gasteiger partial charge in [0.05, 0.1) is 0 Å². The number of rotatable bonds is 4. The van der Waals surface area contributed by atoms with Gasteiger partial charge in [0.25, 0.3) is 0 Å². The van der Waals surface area contributed by atoms with Crippen molar-refractivity contribution >= 4 is 0 Å². The summed E-state index contributed by atoms with van der Waals surface area (Å²) >= 11 is 0. The maximum atomic E-state index is 2.34. The minimum absolute atomic E-state index is 0.240. The van der Waals surface area contributed by atoms with Crippen LogP contribution in [0.4, 0.5) is 0 Å². The molecule has 0 aliphatic carbocycles. The fourth-order valence-corrected chi connectivity index (χ4v) is 2.69. The van der Waals surface area contributed by atoms with Crippen LogP contribution in [-0.4, -0.2) is 0 Å². The molecular formula is C20H28N+. The van der Waals surface area contributed by atoms with E-state index in [1.54, 1.807) is 0 Å². The van der Waals surface area contributed by atoms with E-state index in [1.165, 1.54) is 16.7 Å². The van der Waals surface area contributed by atoms with E-state index >= 15 is 0 Å². The van der Waals surface area contributed by atoms with Gasteiger partial charge in [-0.15, -0.1) is 0 Å². The van der Waals surface area contributed by atoms with Crippen LogP contribution in [0, 0.1) is 5.92 Å². The SMILES string of the molecule is CC(Cc1ccc(C(C)(C)C)cc1)Cc1cc[n+](C)cc1. The normalized spacial score (nSPS) is 13.2. The minimum atomic E-state index is 0.240. The van der Waals surface area contributed by atoms with Crippen LogP contribution in [0.25, 0.3) is 0 Å². The van der Waals surface area contributed by atoms with Gasteiger partial charge in [-0.05, 0) is 40.9 Å². The summed E-state index contributed by atoms with van der Waals surface area (Å²) in [5.74, 6) is 0.665. The summed E-state index contributed by atoms with van der Waals surface area (Å²) in [7, 11) is 2.06. The summed E-state index contributed by atoms with van der Waals surface area (Å²) in [6.45, 7) is 9.13. The van der Waals surface area contributed by atoms with Crippen molar-refractivity contribution in [2.24, 2.45) is 13.0 Å². The molecule has 21 heavy (non-hydrogen) atoms. The zero-order valence-electron chi connectivity index (χ0n) is 14.1. The van der Waals surface area contributed by atoms with Crippen LogP contribution in [-0.2, 0) is 25.3 Å². The van der Waals surface area contributed by atoms with E-state index in [4.69, 9.17) is 0 Å². The Balaban J connectivity index is 1.96. The van der Waals surface area contributed by atoms with Crippen LogP contribution >= 0.6 is 0 Å². The first-order valence-corrected chi connectivity index (χ1v) is 7.88. The van der Waals surface area contributed by atoms with E-state index in [-0.39, 0.29) is 5.41 Å². The maximum absolute atomic E-state index is 2.34. The molecular weight excluding hydrogens is 254 g/mol. The van der Waals surface area contributed by atoms with E-state index in [2.05, 4.69) is 88.1 Å². The van der Waals surface area contributed by atoms with E-state index < -0.39 is 0 Å². The monoisotopic (exact) mass is 282 g/mol. The van der Waals surface area contributed by atoms with Crippen LogP contribution in [0.5, 0.6) is 0 Å². The van der Waals surface area contributed by atoms with Gasteiger partial charge in [0.1, 0.15) is 7.05 Å². The van der Waals surface area contributed by atoms with Gasteiger partial charge >= 0.3 is 0 Å². The molecule has 0 saturated heterocycles. The van der Waals surface area contributed by atoms with Crippen LogP contribution in [0.2, 0.25) is 0 Å². The molecule has 0 amide bonds. The standard InChI is InChI=1S/C20H28N/c1-16(15-18-10-12-21(5)13-11-18)14-17-6-8-19(9-7-17)20(2,3)4/h6-13,16H,14-15H2,1-5H3/q+1. The summed E-state index contributed by atoms with van der Waals surface area (Å²) in [6, 6.07) is 13.6. The van der Waals surface area contributed by atoms with Gasteiger partial charge in [-0.3, -0.25) is 0 Å². The summed E-state index contributed by atoms with van der Waals surface area (Å²) in [6.07, 6.45) is 6.54. The largest absolute Gasteiger partial charge is 0.208 e. The van der Waals surface area contributed by atoms with Gasteiger partial charge < -0.3 is 0 Å². The van der Waals surface area contributed by atoms with Crippen molar-refractivity contribution in [2.45, 2.75) is 46.0 Å². The maximum Gasteiger partial charge on any atom is 0.168 e. The van der Waals surface area contributed by atoms with Gasteiger partial charge in [0, 0.05) is 12.1 Å². The molecule has 0 bridgehead atoms. The van der Waals surface area contributed by atoms with E-state index in [0.29, 0.717) is 5.92 Å². The van der Waals surface area contributed by atoms with Crippen LogP contribution in [0.15, 0.2) is 48.8 Å². The minimum Gasteiger partial charge on any atom is -0.208 e. The Kier molecular flexibility index (Phi) is 4.82. The Morgan fingerprint density at radius 1 is 0.857 bits per heavy atom. The third kappa shape index (κ3) is 4.70. The molecule has 1 heterocycles. The molecule has 0 spiro atoms. The third-order valence-corrected chi connectivity index (χ3v) is 4.04. The number of aryl methyl sites for hydroxylation is 1. The molecule has 2 aromatic rings. The van der Waals surface area contributed by atoms with Crippen molar-refractivity contribution in [2.75, 3.05) is 0 Å². The summed E-state index contributed by atoms with van der Waals surface area (Å²) in [5.41, 5.74) is 4.52. The number of aromatic nitrogens is 1. The second kappa shape index (κ2) is 6.43. The molecule has 1 aromatic carbocycles. The van der Waals surface area contributed by atoms with Gasteiger partial charge in [-0.25, -0.2) is 4.57 Å². The van der Waals surface area contributed by atoms with E-state index in [9.17, 15) is 0 Å². The Morgan fingerprint density at radius 3 is 1.81 bits per heavy atom. The number of hydrogen-bond donors (Lipinski definition) is 0. The van der Waals surface area contributed by atoms with Gasteiger partial charge in [0.2, 0.25) is 0 Å². The highest BCUT2D eigenvalue weighted by molar-refractivity contribution is 5.27. The van der Waals surface area contributed by atoms with E-state index in [1.807, 2.05) is 0 Å². The van der Waals surface area contributed by atoms with Crippen molar-refractivity contribution in [3.05, 3.63) is 65.5 Å². The predicted molar refractivity (Wildman–Crippen MR) is 89.3 cm³/mol. The molecule has 1 aromatic heterocycles. The zero-order valence-corrected chi connectivity index (χ0v) is 14.1. The van der Waals surface area contributed by atoms with Crippen molar-refractivity contribution in [3.63, 3.8) is 0 Å². The van der Waals surface area contributed by atoms with Crippen molar-refractivity contribution < 1.29 is 4.57 Å². The van der Waals surface area contributed by atoms with E-state index in [0.717, 1.165) is 12.8 Å². The molecule has 112 valence electrons. The Labute approximate surface area is 129 Å². The molecule has 0 saturated carbocycles. The highest BCUT2D eigenvalue weighted by Crippen LogP contribution is 2.23. The molecule has 1 atom stereocenters. The molecule has 1 nitrogen and oxygen atoms in total. The first-order valence-electron chi connectivity index (χ1n) is 7.88. The topological polar surface area (TPSA) is 3.88 Å². The van der Waals surface area contributed by atoms with Gasteiger partial charge in [-0.2, -0.15) is 0 Å². The number of hydrogen-bond acceptors (Lipinski definition) is 0. The first-order chi connectivity index (χ1) is 9.84. The van der Waals surface area contributed by atoms with Gasteiger partial charge in [-0.1, -0.05) is 52.0 Å². The number of benzene rings is 1. The second-order valence-corrected chi connectivity index (χ2v) is 7.33. The molecule has 2 rings (SSSR count). The quantitative estimate of drug-likeness (QED) is 0.739. The Hall–Kier alpha value is -1.63. The smallest absolute Gasteiger partial charge is 0.168 e. The molecule has 0 aliphatic heterocycles. The Morgan fingerprint density at radius 2 is 1.33 bits per heavy atom. The van der Waals surface area contributed by atoms with Crippen molar-refractivity contribution in [1.82, 2.24) is 0 Å². The lowest BCUT2D eigenvalue weighted by Crippen LogP contribution is -2.26. The molecule has 0 aliphatic rings. The van der Waals surface area contributed by atoms with Crippen LogP contribution < -0.4 is 4.57 Å². The lowest BCUT2D eigenvalue weighted by atomic mass is 9.86. The second-order valence-electron chi connectivity index (χ2n) is 7.33. The average molecular weight is 282 g/mol. The Bertz CT molecular complexity index is 558. The molecule has 1 heteroatoms. The highest BCUT2D eigenvalue weighted by atomic mass is 14.9. The molecule has 0 N–H and O–H groups in total. The molecule has 1 unspecified atom stereocenters. The lowest BCUT2D eigenvalue weighted by molar-refractivity contribution is -0.671. The number of nitrogens with zero attached hydrogens (tertiary/aromatic N) is 1. The number of pyridine rings is 1. The fraction of sp³-hybridized carbons (Fsp3) is 0.450.